The lowest BCUT2D eigenvalue weighted by atomic mass is 10.2. The molecule has 0 fully saturated rings. The third kappa shape index (κ3) is 5.47. The van der Waals surface area contributed by atoms with E-state index in [4.69, 9.17) is 4.42 Å². The second kappa shape index (κ2) is 8.40. The largest absolute Gasteiger partial charge is 0.469 e. The Morgan fingerprint density at radius 2 is 2.00 bits per heavy atom. The summed E-state index contributed by atoms with van der Waals surface area (Å²) in [5.41, 5.74) is 0. The molecular formula is C15H24N2O3. The van der Waals surface area contributed by atoms with Gasteiger partial charge in [-0.2, -0.15) is 0 Å². The van der Waals surface area contributed by atoms with E-state index in [1.165, 1.54) is 0 Å². The molecule has 0 aliphatic carbocycles. The van der Waals surface area contributed by atoms with Crippen molar-refractivity contribution in [1.82, 2.24) is 9.80 Å². The third-order valence-corrected chi connectivity index (χ3v) is 3.24. The van der Waals surface area contributed by atoms with Gasteiger partial charge in [-0.25, -0.2) is 0 Å². The molecule has 112 valence electrons. The van der Waals surface area contributed by atoms with Crippen molar-refractivity contribution in [3.8, 4) is 0 Å². The lowest BCUT2D eigenvalue weighted by molar-refractivity contribution is -0.133. The van der Waals surface area contributed by atoms with Crippen LogP contribution < -0.4 is 0 Å². The molecule has 0 aliphatic heterocycles. The van der Waals surface area contributed by atoms with E-state index in [2.05, 4.69) is 0 Å². The zero-order chi connectivity index (χ0) is 15.0. The molecule has 5 nitrogen and oxygen atoms in total. The smallest absolute Gasteiger partial charge is 0.222 e. The summed E-state index contributed by atoms with van der Waals surface area (Å²) >= 11 is 0. The molecular weight excluding hydrogens is 256 g/mol. The predicted octanol–water partition coefficient (Wildman–Crippen LogP) is 1.93. The Kier molecular flexibility index (Phi) is 6.84. The van der Waals surface area contributed by atoms with Crippen molar-refractivity contribution in [1.29, 1.82) is 0 Å². The van der Waals surface area contributed by atoms with Gasteiger partial charge < -0.3 is 14.2 Å². The van der Waals surface area contributed by atoms with Crippen LogP contribution >= 0.6 is 0 Å². The van der Waals surface area contributed by atoms with Gasteiger partial charge in [0.15, 0.2) is 0 Å². The van der Waals surface area contributed by atoms with Crippen LogP contribution in [0.3, 0.4) is 0 Å². The Morgan fingerprint density at radius 3 is 2.55 bits per heavy atom. The molecule has 1 aromatic heterocycles. The Balaban J connectivity index is 2.31. The van der Waals surface area contributed by atoms with Gasteiger partial charge in [-0.3, -0.25) is 9.59 Å². The van der Waals surface area contributed by atoms with Crippen LogP contribution in [0.4, 0.5) is 0 Å². The zero-order valence-corrected chi connectivity index (χ0v) is 12.6. The van der Waals surface area contributed by atoms with Gasteiger partial charge in [0, 0.05) is 46.4 Å². The Morgan fingerprint density at radius 1 is 1.25 bits per heavy atom. The molecule has 0 N–H and O–H groups in total. The van der Waals surface area contributed by atoms with Crippen molar-refractivity contribution in [3.05, 3.63) is 24.2 Å². The lowest BCUT2D eigenvalue weighted by Gasteiger charge is -2.24. The third-order valence-electron chi connectivity index (χ3n) is 3.24. The van der Waals surface area contributed by atoms with Crippen molar-refractivity contribution in [2.75, 3.05) is 26.7 Å². The van der Waals surface area contributed by atoms with Crippen LogP contribution in [0.5, 0.6) is 0 Å². The van der Waals surface area contributed by atoms with Crippen molar-refractivity contribution in [2.45, 2.75) is 33.1 Å². The second-order valence-electron chi connectivity index (χ2n) is 4.90. The van der Waals surface area contributed by atoms with E-state index in [9.17, 15) is 9.59 Å². The number of hydrogen-bond donors (Lipinski definition) is 0. The van der Waals surface area contributed by atoms with Gasteiger partial charge >= 0.3 is 0 Å². The van der Waals surface area contributed by atoms with Crippen LogP contribution in [0, 0.1) is 0 Å². The summed E-state index contributed by atoms with van der Waals surface area (Å²) in [6.45, 7) is 5.50. The monoisotopic (exact) mass is 280 g/mol. The standard InChI is InChI=1S/C15H24N2O3/c1-4-9-17(13(2)18)11-10-16(3)15(19)8-7-14-6-5-12-20-14/h5-6,12H,4,7-11H2,1-3H3. The molecule has 0 saturated carbocycles. The minimum atomic E-state index is 0.0586. The van der Waals surface area contributed by atoms with Gasteiger partial charge in [-0.15, -0.1) is 0 Å². The van der Waals surface area contributed by atoms with Crippen LogP contribution in [-0.2, 0) is 16.0 Å². The number of carbonyl (C=O) groups excluding carboxylic acids is 2. The molecule has 2 amide bonds. The van der Waals surface area contributed by atoms with Crippen LogP contribution in [-0.4, -0.2) is 48.3 Å². The number of furan rings is 1. The Labute approximate surface area is 120 Å². The molecule has 0 spiro atoms. The fraction of sp³-hybridized carbons (Fsp3) is 0.600. The number of carbonyl (C=O) groups is 2. The van der Waals surface area contributed by atoms with Gasteiger partial charge in [0.05, 0.1) is 6.26 Å². The van der Waals surface area contributed by atoms with Crippen molar-refractivity contribution in [3.63, 3.8) is 0 Å². The molecule has 0 aromatic carbocycles. The molecule has 1 aromatic rings. The van der Waals surface area contributed by atoms with E-state index in [1.807, 2.05) is 19.1 Å². The fourth-order valence-electron chi connectivity index (χ4n) is 1.97. The molecule has 20 heavy (non-hydrogen) atoms. The highest BCUT2D eigenvalue weighted by Gasteiger charge is 2.13. The number of hydrogen-bond acceptors (Lipinski definition) is 3. The highest BCUT2D eigenvalue weighted by Crippen LogP contribution is 2.05. The summed E-state index contributed by atoms with van der Waals surface area (Å²) in [6, 6.07) is 3.69. The van der Waals surface area contributed by atoms with Crippen LogP contribution in [0.25, 0.3) is 0 Å². The van der Waals surface area contributed by atoms with Crippen LogP contribution in [0.2, 0.25) is 0 Å². The van der Waals surface area contributed by atoms with Gasteiger partial charge in [0.25, 0.3) is 0 Å². The Bertz CT molecular complexity index is 415. The first kappa shape index (κ1) is 16.3. The fourth-order valence-corrected chi connectivity index (χ4v) is 1.97. The van der Waals surface area contributed by atoms with Crippen molar-refractivity contribution >= 4 is 11.8 Å². The molecule has 0 saturated heterocycles. The molecule has 0 bridgehead atoms. The quantitative estimate of drug-likeness (QED) is 0.731. The van der Waals surface area contributed by atoms with E-state index >= 15 is 0 Å². The maximum absolute atomic E-state index is 12.0. The molecule has 0 unspecified atom stereocenters. The van der Waals surface area contributed by atoms with E-state index < -0.39 is 0 Å². The summed E-state index contributed by atoms with van der Waals surface area (Å²) < 4.78 is 5.20. The van der Waals surface area contributed by atoms with E-state index in [0.717, 1.165) is 18.7 Å². The minimum absolute atomic E-state index is 0.0586. The number of aryl methyl sites for hydroxylation is 1. The Hall–Kier alpha value is -1.78. The van der Waals surface area contributed by atoms with Crippen molar-refractivity contribution < 1.29 is 14.0 Å². The van der Waals surface area contributed by atoms with Gasteiger partial charge in [0.2, 0.25) is 11.8 Å². The van der Waals surface area contributed by atoms with Crippen LogP contribution in [0.1, 0.15) is 32.4 Å². The molecule has 5 heteroatoms. The molecule has 1 heterocycles. The first-order valence-corrected chi connectivity index (χ1v) is 7.06. The lowest BCUT2D eigenvalue weighted by Crippen LogP contribution is -2.38. The maximum atomic E-state index is 12.0. The zero-order valence-electron chi connectivity index (χ0n) is 12.6. The topological polar surface area (TPSA) is 53.8 Å². The molecule has 0 radical (unpaired) electrons. The van der Waals surface area contributed by atoms with Gasteiger partial charge in [-0.1, -0.05) is 6.92 Å². The van der Waals surface area contributed by atoms with E-state index in [-0.39, 0.29) is 11.8 Å². The molecule has 0 aliphatic rings. The number of amides is 2. The summed E-state index contributed by atoms with van der Waals surface area (Å²) in [4.78, 5) is 26.8. The average Bonchev–Trinajstić information content (AvgIpc) is 2.93. The summed E-state index contributed by atoms with van der Waals surface area (Å²) in [6.07, 6.45) is 3.58. The number of likely N-dealkylation sites (N-methyl/N-ethyl adjacent to an activating group) is 1. The molecule has 1 rings (SSSR count). The molecule has 0 atom stereocenters. The minimum Gasteiger partial charge on any atom is -0.469 e. The summed E-state index contributed by atoms with van der Waals surface area (Å²) in [5, 5.41) is 0. The van der Waals surface area contributed by atoms with Gasteiger partial charge in [-0.05, 0) is 18.6 Å². The summed E-state index contributed by atoms with van der Waals surface area (Å²) in [5.74, 6) is 0.952. The van der Waals surface area contributed by atoms with Crippen LogP contribution in [0.15, 0.2) is 22.8 Å². The first-order chi connectivity index (χ1) is 9.54. The number of rotatable bonds is 8. The highest BCUT2D eigenvalue weighted by atomic mass is 16.3. The highest BCUT2D eigenvalue weighted by molar-refractivity contribution is 5.76. The SMILES string of the molecule is CCCN(CCN(C)C(=O)CCc1ccco1)C(C)=O. The van der Waals surface area contributed by atoms with E-state index in [0.29, 0.717) is 25.9 Å². The summed E-state index contributed by atoms with van der Waals surface area (Å²) in [7, 11) is 1.77. The normalized spacial score (nSPS) is 10.3. The first-order valence-electron chi connectivity index (χ1n) is 7.06. The van der Waals surface area contributed by atoms with Crippen molar-refractivity contribution in [2.24, 2.45) is 0 Å². The average molecular weight is 280 g/mol. The predicted molar refractivity (Wildman–Crippen MR) is 77.2 cm³/mol. The second-order valence-corrected chi connectivity index (χ2v) is 4.90. The number of nitrogens with zero attached hydrogens (tertiary/aromatic N) is 2. The van der Waals surface area contributed by atoms with Gasteiger partial charge in [0.1, 0.15) is 5.76 Å². The maximum Gasteiger partial charge on any atom is 0.222 e. The van der Waals surface area contributed by atoms with E-state index in [1.54, 1.807) is 30.0 Å².